The summed E-state index contributed by atoms with van der Waals surface area (Å²) in [5.74, 6) is -3.42. The number of carboxylic acid groups (broad SMARTS) is 1. The van der Waals surface area contributed by atoms with Gasteiger partial charge in [0.1, 0.15) is 6.04 Å². The maximum Gasteiger partial charge on any atom is 0.471 e. The SMILES string of the molecule is CC[C@@H]1CCC[C@H](C(=O)O)N1C(=O)C(F)(F)F. The molecule has 1 heterocycles. The number of rotatable bonds is 2. The number of alkyl halides is 3. The van der Waals surface area contributed by atoms with Crippen LogP contribution in [0.1, 0.15) is 32.6 Å². The Bertz CT molecular complexity index is 316. The second-order valence-electron chi connectivity index (χ2n) is 4.06. The molecule has 1 N–H and O–H groups in total. The lowest BCUT2D eigenvalue weighted by Gasteiger charge is -2.40. The van der Waals surface area contributed by atoms with Gasteiger partial charge in [-0.15, -0.1) is 0 Å². The van der Waals surface area contributed by atoms with Crippen LogP contribution in [0.3, 0.4) is 0 Å². The van der Waals surface area contributed by atoms with Crippen molar-refractivity contribution in [2.24, 2.45) is 0 Å². The van der Waals surface area contributed by atoms with Gasteiger partial charge in [0.15, 0.2) is 0 Å². The molecule has 1 amide bonds. The lowest BCUT2D eigenvalue weighted by atomic mass is 9.93. The zero-order valence-electron chi connectivity index (χ0n) is 9.33. The molecule has 0 radical (unpaired) electrons. The molecule has 4 nitrogen and oxygen atoms in total. The van der Waals surface area contributed by atoms with Gasteiger partial charge in [-0.1, -0.05) is 6.92 Å². The Kier molecular flexibility index (Phi) is 4.00. The number of carbonyl (C=O) groups excluding carboxylic acids is 1. The molecule has 7 heteroatoms. The molecule has 0 aromatic heterocycles. The minimum atomic E-state index is -5.02. The van der Waals surface area contributed by atoms with Crippen LogP contribution in [0.5, 0.6) is 0 Å². The van der Waals surface area contributed by atoms with Crippen molar-refractivity contribution in [1.82, 2.24) is 4.90 Å². The molecule has 0 saturated carbocycles. The van der Waals surface area contributed by atoms with Gasteiger partial charge in [0.05, 0.1) is 0 Å². The first-order valence-electron chi connectivity index (χ1n) is 5.41. The summed E-state index contributed by atoms with van der Waals surface area (Å²) in [6, 6.07) is -2.00. The maximum atomic E-state index is 12.4. The van der Waals surface area contributed by atoms with Crippen LogP contribution in [-0.2, 0) is 9.59 Å². The molecule has 1 saturated heterocycles. The summed E-state index contributed by atoms with van der Waals surface area (Å²) in [5, 5.41) is 8.88. The average molecular weight is 253 g/mol. The second kappa shape index (κ2) is 4.93. The van der Waals surface area contributed by atoms with Crippen molar-refractivity contribution in [2.75, 3.05) is 0 Å². The number of likely N-dealkylation sites (tertiary alicyclic amines) is 1. The highest BCUT2D eigenvalue weighted by molar-refractivity contribution is 5.87. The van der Waals surface area contributed by atoms with Gasteiger partial charge in [0.2, 0.25) is 0 Å². The van der Waals surface area contributed by atoms with Crippen molar-refractivity contribution in [1.29, 1.82) is 0 Å². The van der Waals surface area contributed by atoms with Gasteiger partial charge in [0.25, 0.3) is 0 Å². The Hall–Kier alpha value is -1.27. The Balaban J connectivity index is 3.00. The second-order valence-corrected chi connectivity index (χ2v) is 4.06. The normalized spacial score (nSPS) is 25.8. The number of aliphatic carboxylic acids is 1. The molecule has 0 aliphatic carbocycles. The molecule has 17 heavy (non-hydrogen) atoms. The first-order valence-corrected chi connectivity index (χ1v) is 5.41. The van der Waals surface area contributed by atoms with Crippen LogP contribution >= 0.6 is 0 Å². The summed E-state index contributed by atoms with van der Waals surface area (Å²) in [4.78, 5) is 22.6. The topological polar surface area (TPSA) is 57.6 Å². The summed E-state index contributed by atoms with van der Waals surface area (Å²) in [5.41, 5.74) is 0. The highest BCUT2D eigenvalue weighted by Crippen LogP contribution is 2.30. The van der Waals surface area contributed by atoms with Gasteiger partial charge in [-0.2, -0.15) is 13.2 Å². The van der Waals surface area contributed by atoms with Crippen LogP contribution in [0.2, 0.25) is 0 Å². The fraction of sp³-hybridized carbons (Fsp3) is 0.800. The van der Waals surface area contributed by atoms with Crippen molar-refractivity contribution in [2.45, 2.75) is 50.9 Å². The molecule has 98 valence electrons. The molecule has 0 unspecified atom stereocenters. The largest absolute Gasteiger partial charge is 0.480 e. The first kappa shape index (κ1) is 13.8. The van der Waals surface area contributed by atoms with Crippen LogP contribution in [0.25, 0.3) is 0 Å². The van der Waals surface area contributed by atoms with Crippen LogP contribution in [0.4, 0.5) is 13.2 Å². The van der Waals surface area contributed by atoms with Gasteiger partial charge < -0.3 is 10.0 Å². The van der Waals surface area contributed by atoms with E-state index in [2.05, 4.69) is 0 Å². The smallest absolute Gasteiger partial charge is 0.471 e. The molecule has 0 spiro atoms. The molecule has 0 aromatic carbocycles. The minimum absolute atomic E-state index is 0.0770. The quantitative estimate of drug-likeness (QED) is 0.816. The van der Waals surface area contributed by atoms with Gasteiger partial charge in [-0.3, -0.25) is 4.79 Å². The molecule has 0 aromatic rings. The van der Waals surface area contributed by atoms with Crippen LogP contribution in [0, 0.1) is 0 Å². The Morgan fingerprint density at radius 3 is 2.35 bits per heavy atom. The average Bonchev–Trinajstić information content (AvgIpc) is 2.25. The van der Waals surface area contributed by atoms with Crippen LogP contribution < -0.4 is 0 Å². The number of hydrogen-bond donors (Lipinski definition) is 1. The molecule has 2 atom stereocenters. The number of halogens is 3. The summed E-state index contributed by atoms with van der Waals surface area (Å²) in [6.07, 6.45) is -3.67. The third-order valence-electron chi connectivity index (χ3n) is 2.98. The van der Waals surface area contributed by atoms with E-state index in [1.165, 1.54) is 0 Å². The van der Waals surface area contributed by atoms with Crippen molar-refractivity contribution in [3.8, 4) is 0 Å². The van der Waals surface area contributed by atoms with Crippen LogP contribution in [-0.4, -0.2) is 40.1 Å². The van der Waals surface area contributed by atoms with E-state index in [0.717, 1.165) is 0 Å². The minimum Gasteiger partial charge on any atom is -0.480 e. The fourth-order valence-electron chi connectivity index (χ4n) is 2.18. The molecule has 0 bridgehead atoms. The number of hydrogen-bond acceptors (Lipinski definition) is 2. The number of carbonyl (C=O) groups is 2. The van der Waals surface area contributed by atoms with Gasteiger partial charge in [0, 0.05) is 6.04 Å². The summed E-state index contributed by atoms with van der Waals surface area (Å²) in [6.45, 7) is 1.64. The first-order chi connectivity index (χ1) is 7.79. The Labute approximate surface area is 96.4 Å². The predicted molar refractivity (Wildman–Crippen MR) is 52.3 cm³/mol. The standard InChI is InChI=1S/C10H14F3NO3/c1-2-6-4-3-5-7(8(15)16)14(6)9(17)10(11,12)13/h6-7H,2-5H2,1H3,(H,15,16)/t6-,7-/m1/s1. The molecule has 1 rings (SSSR count). The lowest BCUT2D eigenvalue weighted by Crippen LogP contribution is -2.56. The van der Waals surface area contributed by atoms with Crippen molar-refractivity contribution in [3.63, 3.8) is 0 Å². The molecule has 1 aliphatic rings. The van der Waals surface area contributed by atoms with E-state index in [1.807, 2.05) is 0 Å². The summed E-state index contributed by atoms with van der Waals surface area (Å²) >= 11 is 0. The predicted octanol–water partition coefficient (Wildman–Crippen LogP) is 1.79. The summed E-state index contributed by atoms with van der Waals surface area (Å²) < 4.78 is 37.2. The van der Waals surface area contributed by atoms with E-state index in [9.17, 15) is 22.8 Å². The fourth-order valence-corrected chi connectivity index (χ4v) is 2.18. The van der Waals surface area contributed by atoms with Gasteiger partial charge in [-0.05, 0) is 25.7 Å². The molecular weight excluding hydrogens is 239 g/mol. The zero-order chi connectivity index (χ0) is 13.2. The Morgan fingerprint density at radius 1 is 1.35 bits per heavy atom. The lowest BCUT2D eigenvalue weighted by molar-refractivity contribution is -0.194. The van der Waals surface area contributed by atoms with E-state index in [-0.39, 0.29) is 6.42 Å². The van der Waals surface area contributed by atoms with Crippen molar-refractivity contribution in [3.05, 3.63) is 0 Å². The zero-order valence-corrected chi connectivity index (χ0v) is 9.33. The molecule has 1 fully saturated rings. The van der Waals surface area contributed by atoms with E-state index in [4.69, 9.17) is 5.11 Å². The molecule has 1 aliphatic heterocycles. The number of carboxylic acids is 1. The van der Waals surface area contributed by atoms with Crippen LogP contribution in [0.15, 0.2) is 0 Å². The van der Waals surface area contributed by atoms with Crippen molar-refractivity contribution < 1.29 is 27.9 Å². The number of amides is 1. The van der Waals surface area contributed by atoms with E-state index in [1.54, 1.807) is 6.92 Å². The van der Waals surface area contributed by atoms with E-state index in [0.29, 0.717) is 24.2 Å². The number of piperidine rings is 1. The maximum absolute atomic E-state index is 12.4. The molecular formula is C10H14F3NO3. The van der Waals surface area contributed by atoms with E-state index >= 15 is 0 Å². The third-order valence-corrected chi connectivity index (χ3v) is 2.98. The summed E-state index contributed by atoms with van der Waals surface area (Å²) in [7, 11) is 0. The van der Waals surface area contributed by atoms with Crippen molar-refractivity contribution >= 4 is 11.9 Å². The third kappa shape index (κ3) is 2.89. The highest BCUT2D eigenvalue weighted by atomic mass is 19.4. The highest BCUT2D eigenvalue weighted by Gasteiger charge is 2.49. The monoisotopic (exact) mass is 253 g/mol. The van der Waals surface area contributed by atoms with E-state index < -0.39 is 30.1 Å². The Morgan fingerprint density at radius 2 is 1.94 bits per heavy atom. The van der Waals surface area contributed by atoms with Gasteiger partial charge >= 0.3 is 18.1 Å². The van der Waals surface area contributed by atoms with Gasteiger partial charge in [-0.25, -0.2) is 4.79 Å². The number of nitrogens with zero attached hydrogens (tertiary/aromatic N) is 1.